The van der Waals surface area contributed by atoms with Gasteiger partial charge >= 0.3 is 0 Å². The van der Waals surface area contributed by atoms with Crippen molar-refractivity contribution >= 4 is 11.4 Å². The Hall–Kier alpha value is -1.63. The first kappa shape index (κ1) is 10.9. The normalized spacial score (nSPS) is 20.4. The lowest BCUT2D eigenvalue weighted by atomic mass is 9.89. The third-order valence-electron chi connectivity index (χ3n) is 3.24. The van der Waals surface area contributed by atoms with Crippen LogP contribution in [0.25, 0.3) is 5.57 Å². The second-order valence-corrected chi connectivity index (χ2v) is 4.43. The number of Topliss-reactive ketones (excluding diaryl/α,β-unsaturated/α-hetero) is 1. The molecule has 0 fully saturated rings. The molecule has 82 valence electrons. The van der Waals surface area contributed by atoms with Crippen molar-refractivity contribution in [3.63, 3.8) is 0 Å². The zero-order valence-electron chi connectivity index (χ0n) is 9.79. The molecule has 0 spiro atoms. The van der Waals surface area contributed by atoms with Crippen LogP contribution in [0.5, 0.6) is 0 Å². The molecule has 1 aliphatic carbocycles. The van der Waals surface area contributed by atoms with Gasteiger partial charge in [-0.1, -0.05) is 42.5 Å². The molecule has 1 heteroatoms. The molecule has 0 saturated heterocycles. The highest BCUT2D eigenvalue weighted by atomic mass is 16.1. The fraction of sp³-hybridized carbons (Fsp3) is 0.267. The van der Waals surface area contributed by atoms with Crippen LogP contribution in [0.1, 0.15) is 25.8 Å². The van der Waals surface area contributed by atoms with E-state index in [-0.39, 0.29) is 11.7 Å². The van der Waals surface area contributed by atoms with E-state index in [0.29, 0.717) is 6.42 Å². The molecule has 1 unspecified atom stereocenters. The highest BCUT2D eigenvalue weighted by Gasteiger charge is 2.30. The molecule has 1 nitrogen and oxygen atoms in total. The summed E-state index contributed by atoms with van der Waals surface area (Å²) in [4.78, 5) is 11.8. The number of carbonyl (C=O) groups excluding carboxylic acids is 1. The van der Waals surface area contributed by atoms with Gasteiger partial charge in [-0.25, -0.2) is 0 Å². The number of allylic oxidation sites excluding steroid dienone is 3. The Morgan fingerprint density at radius 2 is 1.94 bits per heavy atom. The lowest BCUT2D eigenvalue weighted by molar-refractivity contribution is -0.115. The van der Waals surface area contributed by atoms with Crippen molar-refractivity contribution in [2.75, 3.05) is 0 Å². The summed E-state index contributed by atoms with van der Waals surface area (Å²) in [5, 5.41) is 0. The summed E-state index contributed by atoms with van der Waals surface area (Å²) in [6, 6.07) is 10.1. The molecule has 1 aliphatic rings. The number of ketones is 1. The summed E-state index contributed by atoms with van der Waals surface area (Å²) in [5.41, 5.74) is 4.29. The molecule has 1 aromatic carbocycles. The maximum absolute atomic E-state index is 11.8. The Morgan fingerprint density at radius 3 is 2.50 bits per heavy atom. The SMILES string of the molecule is C=C(C)C1CC(=O)C(C)=C1c1ccccc1. The molecular formula is C15H16O. The lowest BCUT2D eigenvalue weighted by Crippen LogP contribution is -2.01. The molecule has 0 radical (unpaired) electrons. The molecule has 1 atom stereocenters. The predicted molar refractivity (Wildman–Crippen MR) is 67.0 cm³/mol. The van der Waals surface area contributed by atoms with Gasteiger partial charge in [-0.2, -0.15) is 0 Å². The first-order valence-electron chi connectivity index (χ1n) is 5.56. The van der Waals surface area contributed by atoms with Crippen molar-refractivity contribution in [3.8, 4) is 0 Å². The molecule has 0 heterocycles. The summed E-state index contributed by atoms with van der Waals surface area (Å²) in [6.07, 6.45) is 0.589. The first-order chi connectivity index (χ1) is 7.61. The third kappa shape index (κ3) is 1.73. The largest absolute Gasteiger partial charge is 0.295 e. The highest BCUT2D eigenvalue weighted by molar-refractivity contribution is 6.08. The predicted octanol–water partition coefficient (Wildman–Crippen LogP) is 3.63. The standard InChI is InChI=1S/C15H16O/c1-10(2)13-9-14(16)11(3)15(13)12-7-5-4-6-8-12/h4-8,13H,1,9H2,2-3H3. The van der Waals surface area contributed by atoms with Gasteiger partial charge in [-0.05, 0) is 30.6 Å². The van der Waals surface area contributed by atoms with Crippen molar-refractivity contribution in [3.05, 3.63) is 53.6 Å². The molecule has 0 saturated carbocycles. The Morgan fingerprint density at radius 1 is 1.31 bits per heavy atom. The van der Waals surface area contributed by atoms with Crippen LogP contribution in [0.15, 0.2) is 48.1 Å². The Kier molecular flexibility index (Phi) is 2.78. The molecular weight excluding hydrogens is 196 g/mol. The van der Waals surface area contributed by atoms with E-state index in [1.807, 2.05) is 32.0 Å². The van der Waals surface area contributed by atoms with E-state index >= 15 is 0 Å². The van der Waals surface area contributed by atoms with Crippen LogP contribution in [-0.4, -0.2) is 5.78 Å². The zero-order valence-corrected chi connectivity index (χ0v) is 9.79. The summed E-state index contributed by atoms with van der Waals surface area (Å²) in [7, 11) is 0. The first-order valence-corrected chi connectivity index (χ1v) is 5.56. The van der Waals surface area contributed by atoms with Gasteiger partial charge in [0.1, 0.15) is 0 Å². The lowest BCUT2D eigenvalue weighted by Gasteiger charge is -2.14. The van der Waals surface area contributed by atoms with E-state index in [4.69, 9.17) is 0 Å². The van der Waals surface area contributed by atoms with Gasteiger partial charge in [0.2, 0.25) is 0 Å². The average molecular weight is 212 g/mol. The van der Waals surface area contributed by atoms with Crippen LogP contribution in [0.2, 0.25) is 0 Å². The second kappa shape index (κ2) is 4.09. The Balaban J connectivity index is 2.51. The molecule has 0 amide bonds. The minimum atomic E-state index is 0.204. The van der Waals surface area contributed by atoms with Crippen molar-refractivity contribution in [1.82, 2.24) is 0 Å². The van der Waals surface area contributed by atoms with Crippen LogP contribution < -0.4 is 0 Å². The summed E-state index contributed by atoms with van der Waals surface area (Å²) < 4.78 is 0. The molecule has 0 aliphatic heterocycles. The average Bonchev–Trinajstić information content (AvgIpc) is 2.57. The van der Waals surface area contributed by atoms with Gasteiger partial charge in [0.05, 0.1) is 0 Å². The van der Waals surface area contributed by atoms with E-state index in [9.17, 15) is 4.79 Å². The van der Waals surface area contributed by atoms with E-state index in [1.54, 1.807) is 0 Å². The Labute approximate surface area is 96.5 Å². The molecule has 0 bridgehead atoms. The minimum Gasteiger partial charge on any atom is -0.295 e. The van der Waals surface area contributed by atoms with Gasteiger partial charge < -0.3 is 0 Å². The van der Waals surface area contributed by atoms with Crippen LogP contribution >= 0.6 is 0 Å². The molecule has 1 aromatic rings. The van der Waals surface area contributed by atoms with Gasteiger partial charge in [0.25, 0.3) is 0 Å². The maximum Gasteiger partial charge on any atom is 0.159 e. The molecule has 2 rings (SSSR count). The van der Waals surface area contributed by atoms with Gasteiger partial charge in [-0.15, -0.1) is 0 Å². The van der Waals surface area contributed by atoms with E-state index in [0.717, 1.165) is 22.3 Å². The summed E-state index contributed by atoms with van der Waals surface area (Å²) >= 11 is 0. The molecule has 0 N–H and O–H groups in total. The maximum atomic E-state index is 11.8. The van der Waals surface area contributed by atoms with Crippen LogP contribution in [0.3, 0.4) is 0 Å². The highest BCUT2D eigenvalue weighted by Crippen LogP contribution is 2.40. The summed E-state index contributed by atoms with van der Waals surface area (Å²) in [5.74, 6) is 0.460. The Bertz CT molecular complexity index is 465. The summed E-state index contributed by atoms with van der Waals surface area (Å²) in [6.45, 7) is 7.92. The fourth-order valence-electron chi connectivity index (χ4n) is 2.31. The van der Waals surface area contributed by atoms with Crippen LogP contribution in [0, 0.1) is 5.92 Å². The van der Waals surface area contributed by atoms with Crippen molar-refractivity contribution in [2.45, 2.75) is 20.3 Å². The number of rotatable bonds is 2. The molecule has 0 aromatic heterocycles. The monoisotopic (exact) mass is 212 g/mol. The number of benzene rings is 1. The number of hydrogen-bond acceptors (Lipinski definition) is 1. The fourth-order valence-corrected chi connectivity index (χ4v) is 2.31. The number of carbonyl (C=O) groups is 1. The molecule has 16 heavy (non-hydrogen) atoms. The van der Waals surface area contributed by atoms with Crippen molar-refractivity contribution < 1.29 is 4.79 Å². The van der Waals surface area contributed by atoms with Crippen molar-refractivity contribution in [1.29, 1.82) is 0 Å². The van der Waals surface area contributed by atoms with E-state index in [2.05, 4.69) is 18.7 Å². The van der Waals surface area contributed by atoms with Crippen LogP contribution in [-0.2, 0) is 4.79 Å². The number of hydrogen-bond donors (Lipinski definition) is 0. The van der Waals surface area contributed by atoms with Gasteiger partial charge in [0.15, 0.2) is 5.78 Å². The van der Waals surface area contributed by atoms with Crippen LogP contribution in [0.4, 0.5) is 0 Å². The van der Waals surface area contributed by atoms with Gasteiger partial charge in [0, 0.05) is 12.3 Å². The minimum absolute atomic E-state index is 0.204. The zero-order chi connectivity index (χ0) is 11.7. The van der Waals surface area contributed by atoms with E-state index < -0.39 is 0 Å². The van der Waals surface area contributed by atoms with E-state index in [1.165, 1.54) is 0 Å². The van der Waals surface area contributed by atoms with Crippen molar-refractivity contribution in [2.24, 2.45) is 5.92 Å². The van der Waals surface area contributed by atoms with Gasteiger partial charge in [-0.3, -0.25) is 4.79 Å². The second-order valence-electron chi connectivity index (χ2n) is 4.43. The smallest absolute Gasteiger partial charge is 0.159 e. The quantitative estimate of drug-likeness (QED) is 0.684. The third-order valence-corrected chi connectivity index (χ3v) is 3.24. The topological polar surface area (TPSA) is 17.1 Å².